The highest BCUT2D eigenvalue weighted by atomic mass is 16.4. The van der Waals surface area contributed by atoms with Gasteiger partial charge in [0.1, 0.15) is 11.8 Å². The number of phenols is 1. The minimum absolute atomic E-state index is 0.0845. The molecule has 0 radical (unpaired) electrons. The lowest BCUT2D eigenvalue weighted by molar-refractivity contribution is -0.138. The molecule has 2 aromatic rings. The average molecular weight is 221 g/mol. The zero-order valence-corrected chi connectivity index (χ0v) is 8.40. The van der Waals surface area contributed by atoms with E-state index in [4.69, 9.17) is 12.2 Å². The summed E-state index contributed by atoms with van der Waals surface area (Å²) in [4.78, 5) is 13.7. The molecule has 1 aromatic heterocycles. The standard InChI is InChI=1S/C11H12N2O3/c12-9(11(15)16)3-6-5-13-10-2-1-7(14)4-8(6)10/h1-2,4-5,9,13-14H,3,12H2,(H,15,16)/t9-/m0/s1/i9D. The topological polar surface area (TPSA) is 99.3 Å². The molecule has 0 saturated carbocycles. The van der Waals surface area contributed by atoms with Crippen molar-refractivity contribution in [2.45, 2.75) is 12.4 Å². The van der Waals surface area contributed by atoms with Crippen molar-refractivity contribution in [1.82, 2.24) is 4.98 Å². The Kier molecular flexibility index (Phi) is 2.23. The molecule has 1 aromatic carbocycles. The largest absolute Gasteiger partial charge is 0.508 e. The van der Waals surface area contributed by atoms with Crippen LogP contribution in [0.15, 0.2) is 24.4 Å². The number of phenolic OH excluding ortho intramolecular Hbond substituents is 1. The maximum absolute atomic E-state index is 10.8. The number of rotatable bonds is 3. The number of aliphatic carboxylic acids is 1. The van der Waals surface area contributed by atoms with Gasteiger partial charge in [-0.15, -0.1) is 0 Å². The molecule has 0 fully saturated rings. The molecule has 5 nitrogen and oxygen atoms in total. The van der Waals surface area contributed by atoms with Gasteiger partial charge in [-0.3, -0.25) is 4.79 Å². The number of aromatic amines is 1. The highest BCUT2D eigenvalue weighted by Crippen LogP contribution is 2.23. The Bertz CT molecular complexity index is 577. The normalized spacial score (nSPS) is 15.7. The van der Waals surface area contributed by atoms with Crippen LogP contribution in [0.4, 0.5) is 0 Å². The van der Waals surface area contributed by atoms with Crippen molar-refractivity contribution in [1.29, 1.82) is 0 Å². The summed E-state index contributed by atoms with van der Waals surface area (Å²) in [5.41, 5.74) is 6.73. The van der Waals surface area contributed by atoms with E-state index in [0.717, 1.165) is 5.52 Å². The van der Waals surface area contributed by atoms with Gasteiger partial charge in [0, 0.05) is 23.5 Å². The summed E-state index contributed by atoms with van der Waals surface area (Å²) < 4.78 is 7.49. The molecule has 1 heterocycles. The number of aromatic nitrogens is 1. The van der Waals surface area contributed by atoms with Gasteiger partial charge in [0.2, 0.25) is 0 Å². The second-order valence-corrected chi connectivity index (χ2v) is 3.55. The number of carboxylic acid groups (broad SMARTS) is 1. The molecule has 0 amide bonds. The van der Waals surface area contributed by atoms with Crippen LogP contribution < -0.4 is 5.73 Å². The number of hydrogen-bond donors (Lipinski definition) is 4. The predicted molar refractivity (Wildman–Crippen MR) is 59.3 cm³/mol. The van der Waals surface area contributed by atoms with Gasteiger partial charge in [-0.2, -0.15) is 0 Å². The van der Waals surface area contributed by atoms with Crippen LogP contribution in [0, 0.1) is 0 Å². The molecular formula is C11H12N2O3. The Balaban J connectivity index is 2.43. The van der Waals surface area contributed by atoms with Gasteiger partial charge in [-0.25, -0.2) is 0 Å². The van der Waals surface area contributed by atoms with Crippen LogP contribution in [-0.4, -0.2) is 27.2 Å². The summed E-state index contributed by atoms with van der Waals surface area (Å²) in [6.45, 7) is 0. The summed E-state index contributed by atoms with van der Waals surface area (Å²) >= 11 is 0. The molecule has 84 valence electrons. The molecule has 0 aliphatic carbocycles. The number of H-pyrrole nitrogens is 1. The summed E-state index contributed by atoms with van der Waals surface area (Å²) in [5.74, 6) is -1.30. The second-order valence-electron chi connectivity index (χ2n) is 3.55. The van der Waals surface area contributed by atoms with Crippen molar-refractivity contribution in [3.05, 3.63) is 30.0 Å². The van der Waals surface area contributed by atoms with Gasteiger partial charge in [-0.1, -0.05) is 0 Å². The smallest absolute Gasteiger partial charge is 0.320 e. The highest BCUT2D eigenvalue weighted by molar-refractivity contribution is 5.85. The van der Waals surface area contributed by atoms with Crippen LogP contribution in [0.1, 0.15) is 6.93 Å². The maximum Gasteiger partial charge on any atom is 0.320 e. The minimum atomic E-state index is -2.07. The average Bonchev–Trinajstić information content (AvgIpc) is 2.60. The number of aromatic hydroxyl groups is 1. The molecule has 2 rings (SSSR count). The third kappa shape index (κ3) is 1.85. The van der Waals surface area contributed by atoms with Crippen LogP contribution in [0.3, 0.4) is 0 Å². The first-order valence-electron chi connectivity index (χ1n) is 5.21. The van der Waals surface area contributed by atoms with E-state index in [2.05, 4.69) is 4.98 Å². The summed E-state index contributed by atoms with van der Waals surface area (Å²) in [6.07, 6.45) is 1.47. The zero-order valence-electron chi connectivity index (χ0n) is 9.40. The van der Waals surface area contributed by atoms with E-state index in [9.17, 15) is 9.90 Å². The molecule has 0 bridgehead atoms. The number of fused-ring (bicyclic) bond motifs is 1. The quantitative estimate of drug-likeness (QED) is 0.616. The minimum Gasteiger partial charge on any atom is -0.508 e. The lowest BCUT2D eigenvalue weighted by Gasteiger charge is -2.04. The second kappa shape index (κ2) is 3.86. The van der Waals surface area contributed by atoms with Crippen molar-refractivity contribution in [2.75, 3.05) is 0 Å². The van der Waals surface area contributed by atoms with E-state index in [-0.39, 0.29) is 12.2 Å². The lowest BCUT2D eigenvalue weighted by atomic mass is 10.1. The Morgan fingerprint density at radius 2 is 2.38 bits per heavy atom. The van der Waals surface area contributed by atoms with Gasteiger partial charge >= 0.3 is 5.97 Å². The Morgan fingerprint density at radius 3 is 3.06 bits per heavy atom. The molecule has 0 saturated heterocycles. The van der Waals surface area contributed by atoms with E-state index in [1.165, 1.54) is 12.1 Å². The Labute approximate surface area is 92.9 Å². The summed E-state index contributed by atoms with van der Waals surface area (Å²) in [5, 5.41) is 18.8. The van der Waals surface area contributed by atoms with Crippen LogP contribution in [0.5, 0.6) is 5.75 Å². The first-order valence-corrected chi connectivity index (χ1v) is 4.71. The van der Waals surface area contributed by atoms with Crippen LogP contribution in [0.25, 0.3) is 10.9 Å². The van der Waals surface area contributed by atoms with Crippen molar-refractivity contribution in [2.24, 2.45) is 5.73 Å². The van der Waals surface area contributed by atoms with Crippen molar-refractivity contribution < 1.29 is 16.4 Å². The number of nitrogens with two attached hydrogens (primary N) is 1. The third-order valence-corrected chi connectivity index (χ3v) is 2.41. The molecule has 0 unspecified atom stereocenters. The van der Waals surface area contributed by atoms with Crippen molar-refractivity contribution >= 4 is 16.9 Å². The molecule has 0 aliphatic rings. The number of nitrogens with one attached hydrogen (secondary N) is 1. The molecular weight excluding hydrogens is 208 g/mol. The van der Waals surface area contributed by atoms with Gasteiger partial charge in [0.05, 0.1) is 1.37 Å². The molecule has 0 spiro atoms. The first-order chi connectivity index (χ1) is 7.90. The fourth-order valence-corrected chi connectivity index (χ4v) is 1.59. The number of carbonyl (C=O) groups is 1. The van der Waals surface area contributed by atoms with Crippen LogP contribution >= 0.6 is 0 Å². The fourth-order valence-electron chi connectivity index (χ4n) is 1.59. The van der Waals surface area contributed by atoms with E-state index >= 15 is 0 Å². The van der Waals surface area contributed by atoms with E-state index in [1.807, 2.05) is 0 Å². The predicted octanol–water partition coefficient (Wildman–Crippen LogP) is 0.828. The summed E-state index contributed by atoms with van der Waals surface area (Å²) in [7, 11) is 0. The molecule has 16 heavy (non-hydrogen) atoms. The molecule has 5 heteroatoms. The van der Waals surface area contributed by atoms with Gasteiger partial charge in [-0.05, 0) is 23.8 Å². The summed E-state index contributed by atoms with van der Waals surface area (Å²) in [6, 6.07) is 2.65. The number of hydrogen-bond acceptors (Lipinski definition) is 3. The van der Waals surface area contributed by atoms with Crippen molar-refractivity contribution in [3.63, 3.8) is 0 Å². The number of benzene rings is 1. The monoisotopic (exact) mass is 221 g/mol. The van der Waals surface area contributed by atoms with Crippen LogP contribution in [0.2, 0.25) is 0 Å². The van der Waals surface area contributed by atoms with Gasteiger partial charge in [0.25, 0.3) is 0 Å². The molecule has 1 atom stereocenters. The third-order valence-electron chi connectivity index (χ3n) is 2.41. The first kappa shape index (κ1) is 9.23. The van der Waals surface area contributed by atoms with Gasteiger partial charge < -0.3 is 20.9 Å². The number of carboxylic acids is 1. The van der Waals surface area contributed by atoms with Crippen LogP contribution in [-0.2, 0) is 11.2 Å². The zero-order chi connectivity index (χ0) is 12.6. The Morgan fingerprint density at radius 1 is 1.62 bits per heavy atom. The van der Waals surface area contributed by atoms with Gasteiger partial charge in [0.15, 0.2) is 0 Å². The lowest BCUT2D eigenvalue weighted by Crippen LogP contribution is -2.32. The van der Waals surface area contributed by atoms with E-state index in [1.54, 1.807) is 12.3 Å². The van der Waals surface area contributed by atoms with E-state index < -0.39 is 12.0 Å². The van der Waals surface area contributed by atoms with E-state index in [0.29, 0.717) is 10.9 Å². The van der Waals surface area contributed by atoms with Crippen molar-refractivity contribution in [3.8, 4) is 5.75 Å². The SMILES string of the molecule is [2H][C@](N)(Cc1c[nH]c2ccc(O)cc12)C(=O)O. The highest BCUT2D eigenvalue weighted by Gasteiger charge is 2.14. The maximum atomic E-state index is 10.8. The Hall–Kier alpha value is -2.01. The fraction of sp³-hybridized carbons (Fsp3) is 0.182. The molecule has 0 aliphatic heterocycles. The molecule has 5 N–H and O–H groups in total.